The molecule has 0 saturated carbocycles. The normalized spacial score (nSPS) is 11.3. The number of rotatable bonds is 5. The summed E-state index contributed by atoms with van der Waals surface area (Å²) in [6.45, 7) is 6.03. The molecule has 0 aliphatic rings. The van der Waals surface area contributed by atoms with E-state index < -0.39 is 5.41 Å². The van der Waals surface area contributed by atoms with Crippen LogP contribution in [0.5, 0.6) is 0 Å². The zero-order valence-corrected chi connectivity index (χ0v) is 14.0. The molecule has 2 aromatic rings. The van der Waals surface area contributed by atoms with E-state index in [0.29, 0.717) is 6.54 Å². The average Bonchev–Trinajstić information content (AvgIpc) is 2.52. The van der Waals surface area contributed by atoms with Gasteiger partial charge in [-0.25, -0.2) is 0 Å². The molecule has 0 bridgehead atoms. The van der Waals surface area contributed by atoms with Crippen LogP contribution in [0.25, 0.3) is 10.8 Å². The first-order valence-corrected chi connectivity index (χ1v) is 7.89. The lowest BCUT2D eigenvalue weighted by molar-refractivity contribution is -0.131. The highest BCUT2D eigenvalue weighted by Crippen LogP contribution is 2.18. The highest BCUT2D eigenvalue weighted by molar-refractivity contribution is 5.87. The number of fused-ring (bicyclic) bond motifs is 1. The maximum atomic E-state index is 11.8. The van der Waals surface area contributed by atoms with Crippen LogP contribution in [0.3, 0.4) is 0 Å². The number of carbonyl (C=O) groups excluding carboxylic acids is 2. The summed E-state index contributed by atoms with van der Waals surface area (Å²) in [5, 5.41) is 7.91. The van der Waals surface area contributed by atoms with Gasteiger partial charge in [-0.1, -0.05) is 63.2 Å². The van der Waals surface area contributed by atoms with Crippen molar-refractivity contribution >= 4 is 22.6 Å². The summed E-state index contributed by atoms with van der Waals surface area (Å²) in [5.41, 5.74) is 0.727. The average molecular weight is 312 g/mol. The molecule has 2 amide bonds. The molecule has 2 aromatic carbocycles. The van der Waals surface area contributed by atoms with Gasteiger partial charge in [0.2, 0.25) is 11.8 Å². The van der Waals surface area contributed by atoms with Crippen LogP contribution in [0.1, 0.15) is 26.3 Å². The van der Waals surface area contributed by atoms with Crippen LogP contribution in [0.4, 0.5) is 0 Å². The molecule has 4 heteroatoms. The molecule has 0 atom stereocenters. The summed E-state index contributed by atoms with van der Waals surface area (Å²) in [5.74, 6) is -0.287. The van der Waals surface area contributed by atoms with E-state index in [9.17, 15) is 9.59 Å². The quantitative estimate of drug-likeness (QED) is 0.892. The minimum Gasteiger partial charge on any atom is -0.354 e. The second-order valence-electron chi connectivity index (χ2n) is 6.67. The smallest absolute Gasteiger partial charge is 0.239 e. The highest BCUT2D eigenvalue weighted by Gasteiger charge is 2.21. The largest absolute Gasteiger partial charge is 0.354 e. The highest BCUT2D eigenvalue weighted by atomic mass is 16.2. The van der Waals surface area contributed by atoms with E-state index >= 15 is 0 Å². The van der Waals surface area contributed by atoms with Gasteiger partial charge in [0.25, 0.3) is 0 Å². The Bertz CT molecular complexity index is 697. The van der Waals surface area contributed by atoms with E-state index in [0.717, 1.165) is 6.42 Å². The third-order valence-corrected chi connectivity index (χ3v) is 3.69. The molecule has 2 rings (SSSR count). The standard InChI is InChI=1S/C19H24N2O2/c1-19(2,3)18(23)21-13-17(22)20-12-11-15-9-6-8-14-7-4-5-10-16(14)15/h4-10H,11-13H2,1-3H3,(H,20,22)(H,21,23). The van der Waals surface area contributed by atoms with Crippen LogP contribution in [-0.4, -0.2) is 24.9 Å². The van der Waals surface area contributed by atoms with Gasteiger partial charge >= 0.3 is 0 Å². The predicted octanol–water partition coefficient (Wildman–Crippen LogP) is 2.66. The molecular weight excluding hydrogens is 288 g/mol. The van der Waals surface area contributed by atoms with Crippen molar-refractivity contribution in [3.05, 3.63) is 48.0 Å². The summed E-state index contributed by atoms with van der Waals surface area (Å²) in [6.07, 6.45) is 0.764. The third-order valence-electron chi connectivity index (χ3n) is 3.69. The van der Waals surface area contributed by atoms with Gasteiger partial charge in [-0.15, -0.1) is 0 Å². The topological polar surface area (TPSA) is 58.2 Å². The fraction of sp³-hybridized carbons (Fsp3) is 0.368. The van der Waals surface area contributed by atoms with E-state index in [-0.39, 0.29) is 18.4 Å². The van der Waals surface area contributed by atoms with Crippen LogP contribution >= 0.6 is 0 Å². The number of hydrogen-bond acceptors (Lipinski definition) is 2. The van der Waals surface area contributed by atoms with Gasteiger partial charge in [-0.05, 0) is 22.8 Å². The van der Waals surface area contributed by atoms with Crippen molar-refractivity contribution < 1.29 is 9.59 Å². The lowest BCUT2D eigenvalue weighted by atomic mass is 9.96. The number of nitrogens with one attached hydrogen (secondary N) is 2. The second-order valence-corrected chi connectivity index (χ2v) is 6.67. The minimum atomic E-state index is -0.483. The van der Waals surface area contributed by atoms with E-state index in [2.05, 4.69) is 34.9 Å². The van der Waals surface area contributed by atoms with Crippen molar-refractivity contribution in [1.29, 1.82) is 0 Å². The first-order chi connectivity index (χ1) is 10.9. The monoisotopic (exact) mass is 312 g/mol. The van der Waals surface area contributed by atoms with E-state index in [1.54, 1.807) is 0 Å². The van der Waals surface area contributed by atoms with Crippen molar-refractivity contribution in [3.63, 3.8) is 0 Å². The Morgan fingerprint density at radius 3 is 2.39 bits per heavy atom. The van der Waals surface area contributed by atoms with Gasteiger partial charge in [-0.2, -0.15) is 0 Å². The molecule has 122 valence electrons. The molecule has 0 heterocycles. The van der Waals surface area contributed by atoms with Crippen LogP contribution in [0, 0.1) is 5.41 Å². The molecule has 0 saturated heterocycles. The van der Waals surface area contributed by atoms with Gasteiger partial charge in [0, 0.05) is 12.0 Å². The lowest BCUT2D eigenvalue weighted by Gasteiger charge is -2.17. The molecular formula is C19H24N2O2. The fourth-order valence-electron chi connectivity index (χ4n) is 2.34. The van der Waals surface area contributed by atoms with Gasteiger partial charge in [0.15, 0.2) is 0 Å². The Balaban J connectivity index is 1.82. The number of hydrogen-bond donors (Lipinski definition) is 2. The van der Waals surface area contributed by atoms with Gasteiger partial charge in [-0.3, -0.25) is 9.59 Å². The molecule has 0 fully saturated rings. The Morgan fingerprint density at radius 2 is 1.65 bits per heavy atom. The summed E-state index contributed by atoms with van der Waals surface area (Å²) < 4.78 is 0. The zero-order chi connectivity index (χ0) is 16.9. The SMILES string of the molecule is CC(C)(C)C(=O)NCC(=O)NCCc1cccc2ccccc12. The summed E-state index contributed by atoms with van der Waals surface area (Å²) in [7, 11) is 0. The number of benzene rings is 2. The molecule has 23 heavy (non-hydrogen) atoms. The molecule has 4 nitrogen and oxygen atoms in total. The molecule has 0 aliphatic heterocycles. The Kier molecular flexibility index (Phi) is 5.37. The van der Waals surface area contributed by atoms with E-state index in [1.165, 1.54) is 16.3 Å². The first-order valence-electron chi connectivity index (χ1n) is 7.89. The predicted molar refractivity (Wildman–Crippen MR) is 93.1 cm³/mol. The molecule has 2 N–H and O–H groups in total. The van der Waals surface area contributed by atoms with Crippen molar-refractivity contribution in [1.82, 2.24) is 10.6 Å². The van der Waals surface area contributed by atoms with E-state index in [1.807, 2.05) is 39.0 Å². The van der Waals surface area contributed by atoms with Gasteiger partial charge in [0.05, 0.1) is 6.54 Å². The van der Waals surface area contributed by atoms with Crippen molar-refractivity contribution in [3.8, 4) is 0 Å². The Hall–Kier alpha value is -2.36. The Morgan fingerprint density at radius 1 is 0.957 bits per heavy atom. The summed E-state index contributed by atoms with van der Waals surface area (Å²) >= 11 is 0. The minimum absolute atomic E-state index is 0.0195. The lowest BCUT2D eigenvalue weighted by Crippen LogP contribution is -2.42. The molecule has 0 unspecified atom stereocenters. The molecule has 0 radical (unpaired) electrons. The zero-order valence-electron chi connectivity index (χ0n) is 14.0. The molecule has 0 aliphatic carbocycles. The molecule has 0 aromatic heterocycles. The second kappa shape index (κ2) is 7.27. The van der Waals surface area contributed by atoms with Gasteiger partial charge < -0.3 is 10.6 Å². The fourth-order valence-corrected chi connectivity index (χ4v) is 2.34. The van der Waals surface area contributed by atoms with Crippen LogP contribution < -0.4 is 10.6 Å². The van der Waals surface area contributed by atoms with Crippen molar-refractivity contribution in [2.24, 2.45) is 5.41 Å². The van der Waals surface area contributed by atoms with E-state index in [4.69, 9.17) is 0 Å². The maximum Gasteiger partial charge on any atom is 0.239 e. The summed E-state index contributed by atoms with van der Waals surface area (Å²) in [4.78, 5) is 23.5. The number of carbonyl (C=O) groups is 2. The van der Waals surface area contributed by atoms with Crippen LogP contribution in [0.15, 0.2) is 42.5 Å². The number of amides is 2. The van der Waals surface area contributed by atoms with Gasteiger partial charge in [0.1, 0.15) is 0 Å². The maximum absolute atomic E-state index is 11.8. The van der Waals surface area contributed by atoms with Crippen molar-refractivity contribution in [2.45, 2.75) is 27.2 Å². The van der Waals surface area contributed by atoms with Crippen molar-refractivity contribution in [2.75, 3.05) is 13.1 Å². The van der Waals surface area contributed by atoms with Crippen LogP contribution in [-0.2, 0) is 16.0 Å². The Labute approximate surface area is 137 Å². The third kappa shape index (κ3) is 4.81. The molecule has 0 spiro atoms. The first kappa shape index (κ1) is 17.0. The summed E-state index contributed by atoms with van der Waals surface area (Å²) in [6, 6.07) is 14.4. The van der Waals surface area contributed by atoms with Crippen LogP contribution in [0.2, 0.25) is 0 Å².